The van der Waals surface area contributed by atoms with Crippen LogP contribution in [0.1, 0.15) is 38.5 Å². The first kappa shape index (κ1) is 14.1. The van der Waals surface area contributed by atoms with Gasteiger partial charge in [-0.15, -0.1) is 0 Å². The molecule has 1 aromatic heterocycles. The molecule has 3 rings (SSSR count). The van der Waals surface area contributed by atoms with E-state index in [0.29, 0.717) is 6.54 Å². The van der Waals surface area contributed by atoms with Crippen molar-refractivity contribution in [2.24, 2.45) is 17.8 Å². The third kappa shape index (κ3) is 3.09. The van der Waals surface area contributed by atoms with E-state index >= 15 is 0 Å². The van der Waals surface area contributed by atoms with Crippen LogP contribution in [0.3, 0.4) is 0 Å². The van der Waals surface area contributed by atoms with E-state index in [1.165, 1.54) is 19.3 Å². The Morgan fingerprint density at radius 1 is 1.00 bits per heavy atom. The summed E-state index contributed by atoms with van der Waals surface area (Å²) in [5.41, 5.74) is -1.99. The van der Waals surface area contributed by atoms with Crippen molar-refractivity contribution in [3.63, 3.8) is 0 Å². The Hall–Kier alpha value is -1.85. The van der Waals surface area contributed by atoms with Gasteiger partial charge in [0.2, 0.25) is 0 Å². The molecule has 1 saturated carbocycles. The number of fused-ring (bicyclic) bond motifs is 2. The second kappa shape index (κ2) is 5.87. The average Bonchev–Trinajstić information content (AvgIpc) is 3.03. The van der Waals surface area contributed by atoms with Crippen molar-refractivity contribution >= 4 is 0 Å². The minimum absolute atomic E-state index is 0.363. The molecular weight excluding hydrogens is 270 g/mol. The fraction of sp³-hybridized carbons (Fsp3) is 0.667. The number of hydrogen-bond acceptors (Lipinski definition) is 3. The van der Waals surface area contributed by atoms with Crippen LogP contribution in [0, 0.1) is 17.8 Å². The lowest BCUT2D eigenvalue weighted by Crippen LogP contribution is -2.43. The Morgan fingerprint density at radius 2 is 1.76 bits per heavy atom. The van der Waals surface area contributed by atoms with Gasteiger partial charge < -0.3 is 0 Å². The largest absolute Gasteiger partial charge is 0.333 e. The minimum Gasteiger partial charge on any atom is -0.259 e. The lowest BCUT2D eigenvalue weighted by atomic mass is 9.89. The maximum atomic E-state index is 11.5. The van der Waals surface area contributed by atoms with Crippen LogP contribution in [0.15, 0.2) is 26.5 Å². The van der Waals surface area contributed by atoms with Crippen LogP contribution >= 0.6 is 0 Å². The van der Waals surface area contributed by atoms with Gasteiger partial charge >= 0.3 is 17.1 Å². The Labute approximate surface area is 121 Å². The van der Waals surface area contributed by atoms with Gasteiger partial charge in [0, 0.05) is 6.54 Å². The van der Waals surface area contributed by atoms with Gasteiger partial charge in [-0.05, 0) is 43.4 Å². The van der Waals surface area contributed by atoms with Crippen LogP contribution in [-0.2, 0) is 6.54 Å². The van der Waals surface area contributed by atoms with Crippen LogP contribution in [0.25, 0.3) is 0 Å². The zero-order chi connectivity index (χ0) is 14.8. The third-order valence-electron chi connectivity index (χ3n) is 4.80. The van der Waals surface area contributed by atoms with Crippen LogP contribution in [-0.4, -0.2) is 14.5 Å². The lowest BCUT2D eigenvalue weighted by molar-refractivity contribution is 0.391. The number of nitrogens with zero attached hydrogens (tertiary/aromatic N) is 1. The van der Waals surface area contributed by atoms with Crippen molar-refractivity contribution < 1.29 is 0 Å². The third-order valence-corrected chi connectivity index (χ3v) is 4.80. The van der Waals surface area contributed by atoms with Gasteiger partial charge in [-0.2, -0.15) is 0 Å². The first-order chi connectivity index (χ1) is 10.1. The summed E-state index contributed by atoms with van der Waals surface area (Å²) in [5.74, 6) is 2.44. The van der Waals surface area contributed by atoms with E-state index in [-0.39, 0.29) is 0 Å². The van der Waals surface area contributed by atoms with E-state index < -0.39 is 17.1 Å². The van der Waals surface area contributed by atoms with Crippen molar-refractivity contribution in [1.29, 1.82) is 0 Å². The molecule has 6 heteroatoms. The Morgan fingerprint density at radius 3 is 2.38 bits per heavy atom. The smallest absolute Gasteiger partial charge is 0.259 e. The van der Waals surface area contributed by atoms with Gasteiger partial charge in [0.15, 0.2) is 0 Å². The van der Waals surface area contributed by atoms with Gasteiger partial charge in [-0.25, -0.2) is 19.0 Å². The number of aromatic amines is 2. The fourth-order valence-electron chi connectivity index (χ4n) is 3.74. The molecule has 1 fully saturated rings. The molecule has 114 valence electrons. The van der Waals surface area contributed by atoms with E-state index in [1.54, 1.807) is 0 Å². The predicted octanol–water partition coefficient (Wildman–Crippen LogP) is 0.997. The first-order valence-electron chi connectivity index (χ1n) is 7.75. The SMILES string of the molecule is O=c1[nH]c(=O)n(CCCCCC2CC3C=CC2C3)c(=O)[nH]1. The standard InChI is InChI=1S/C15H21N3O3/c19-13-16-14(20)18(15(21)17-13)7-3-1-2-4-11-8-10-5-6-12(11)9-10/h5-6,10-12H,1-4,7-9H2,(H2,16,17,19,20,21). The number of H-pyrrole nitrogens is 2. The van der Waals surface area contributed by atoms with Gasteiger partial charge in [0.05, 0.1) is 0 Å². The molecule has 0 spiro atoms. The summed E-state index contributed by atoms with van der Waals surface area (Å²) in [6, 6.07) is 0. The molecule has 1 heterocycles. The summed E-state index contributed by atoms with van der Waals surface area (Å²) < 4.78 is 1.06. The highest BCUT2D eigenvalue weighted by atomic mass is 16.2. The maximum absolute atomic E-state index is 11.5. The van der Waals surface area contributed by atoms with Crippen molar-refractivity contribution in [3.05, 3.63) is 43.6 Å². The zero-order valence-corrected chi connectivity index (χ0v) is 12.0. The van der Waals surface area contributed by atoms with E-state index in [2.05, 4.69) is 22.1 Å². The molecule has 6 nitrogen and oxygen atoms in total. The molecule has 3 unspecified atom stereocenters. The molecular formula is C15H21N3O3. The number of unbranched alkanes of at least 4 members (excludes halogenated alkanes) is 2. The van der Waals surface area contributed by atoms with E-state index in [9.17, 15) is 14.4 Å². The Balaban J connectivity index is 1.43. The Bertz CT molecular complexity index is 663. The summed E-state index contributed by atoms with van der Waals surface area (Å²) in [6.07, 6.45) is 11.6. The summed E-state index contributed by atoms with van der Waals surface area (Å²) >= 11 is 0. The molecule has 0 aliphatic heterocycles. The number of allylic oxidation sites excluding steroid dienone is 2. The first-order valence-corrected chi connectivity index (χ1v) is 7.75. The van der Waals surface area contributed by atoms with Gasteiger partial charge in [0.1, 0.15) is 0 Å². The topological polar surface area (TPSA) is 87.7 Å². The van der Waals surface area contributed by atoms with Crippen LogP contribution < -0.4 is 17.1 Å². The van der Waals surface area contributed by atoms with Crippen LogP contribution in [0.2, 0.25) is 0 Å². The van der Waals surface area contributed by atoms with Gasteiger partial charge in [0.25, 0.3) is 0 Å². The van der Waals surface area contributed by atoms with Crippen molar-refractivity contribution in [2.45, 2.75) is 45.1 Å². The molecule has 2 aliphatic rings. The molecule has 2 N–H and O–H groups in total. The molecule has 21 heavy (non-hydrogen) atoms. The summed E-state index contributed by atoms with van der Waals surface area (Å²) in [7, 11) is 0. The van der Waals surface area contributed by atoms with Crippen molar-refractivity contribution in [1.82, 2.24) is 14.5 Å². The molecule has 2 bridgehead atoms. The molecule has 2 aliphatic carbocycles. The number of aromatic nitrogens is 3. The lowest BCUT2D eigenvalue weighted by Gasteiger charge is -2.17. The quantitative estimate of drug-likeness (QED) is 0.605. The van der Waals surface area contributed by atoms with Crippen molar-refractivity contribution in [3.8, 4) is 0 Å². The molecule has 3 atom stereocenters. The second-order valence-corrected chi connectivity index (χ2v) is 6.23. The molecule has 0 amide bonds. The van der Waals surface area contributed by atoms with Crippen molar-refractivity contribution in [2.75, 3.05) is 0 Å². The predicted molar refractivity (Wildman–Crippen MR) is 79.3 cm³/mol. The number of hydrogen-bond donors (Lipinski definition) is 2. The normalized spacial score (nSPS) is 26.6. The van der Waals surface area contributed by atoms with E-state index in [4.69, 9.17) is 0 Å². The second-order valence-electron chi connectivity index (χ2n) is 6.23. The highest BCUT2D eigenvalue weighted by molar-refractivity contribution is 5.09. The summed E-state index contributed by atoms with van der Waals surface area (Å²) in [5, 5.41) is 0. The molecule has 0 saturated heterocycles. The van der Waals surface area contributed by atoms with Gasteiger partial charge in [-0.1, -0.05) is 25.0 Å². The molecule has 1 aromatic rings. The van der Waals surface area contributed by atoms with E-state index in [0.717, 1.165) is 41.6 Å². The fourth-order valence-corrected chi connectivity index (χ4v) is 3.74. The minimum atomic E-state index is -0.745. The number of rotatable bonds is 6. The summed E-state index contributed by atoms with van der Waals surface area (Å²) in [6.45, 7) is 0.363. The maximum Gasteiger partial charge on any atom is 0.333 e. The molecule has 0 aromatic carbocycles. The highest BCUT2D eigenvalue weighted by Gasteiger charge is 2.34. The molecule has 0 radical (unpaired) electrons. The average molecular weight is 291 g/mol. The van der Waals surface area contributed by atoms with E-state index in [1.807, 2.05) is 0 Å². The summed E-state index contributed by atoms with van der Waals surface area (Å²) in [4.78, 5) is 38.1. The Kier molecular flexibility index (Phi) is 3.94. The van der Waals surface area contributed by atoms with Crippen LogP contribution in [0.5, 0.6) is 0 Å². The monoisotopic (exact) mass is 291 g/mol. The van der Waals surface area contributed by atoms with Crippen LogP contribution in [0.4, 0.5) is 0 Å². The zero-order valence-electron chi connectivity index (χ0n) is 12.0. The highest BCUT2D eigenvalue weighted by Crippen LogP contribution is 2.45. The number of nitrogens with one attached hydrogen (secondary N) is 2. The van der Waals surface area contributed by atoms with Gasteiger partial charge in [-0.3, -0.25) is 9.97 Å².